The number of hydrogen-bond donors (Lipinski definition) is 1. The van der Waals surface area contributed by atoms with E-state index in [0.717, 1.165) is 23.9 Å². The molecule has 0 aliphatic heterocycles. The number of thioether (sulfide) groups is 1. The summed E-state index contributed by atoms with van der Waals surface area (Å²) >= 11 is 1.78. The van der Waals surface area contributed by atoms with Crippen LogP contribution in [0.3, 0.4) is 0 Å². The highest BCUT2D eigenvalue weighted by Gasteiger charge is 1.93. The molecule has 16 heavy (non-hydrogen) atoms. The van der Waals surface area contributed by atoms with Gasteiger partial charge in [0.15, 0.2) is 0 Å². The summed E-state index contributed by atoms with van der Waals surface area (Å²) in [6, 6.07) is 1.95. The summed E-state index contributed by atoms with van der Waals surface area (Å²) in [5.74, 6) is 1.07. The van der Waals surface area contributed by atoms with E-state index in [4.69, 9.17) is 0 Å². The summed E-state index contributed by atoms with van der Waals surface area (Å²) < 4.78 is 0. The fraction of sp³-hybridized carbons (Fsp3) is 0.667. The molecular formula is C12H21N3S. The molecule has 0 radical (unpaired) electrons. The second kappa shape index (κ2) is 9.60. The van der Waals surface area contributed by atoms with Gasteiger partial charge in [0.25, 0.3) is 0 Å². The fourth-order valence-electron chi connectivity index (χ4n) is 1.39. The van der Waals surface area contributed by atoms with Crippen LogP contribution in [0.2, 0.25) is 0 Å². The van der Waals surface area contributed by atoms with Crippen LogP contribution in [0, 0.1) is 0 Å². The van der Waals surface area contributed by atoms with Crippen LogP contribution in [0.5, 0.6) is 0 Å². The Hall–Kier alpha value is -0.610. The molecule has 0 saturated heterocycles. The van der Waals surface area contributed by atoms with E-state index in [1.807, 2.05) is 6.07 Å². The smallest absolute Gasteiger partial charge is 0.116 e. The third-order valence-corrected chi connectivity index (χ3v) is 3.24. The van der Waals surface area contributed by atoms with Gasteiger partial charge < -0.3 is 5.32 Å². The van der Waals surface area contributed by atoms with Crippen LogP contribution in [0.1, 0.15) is 32.6 Å². The largest absolute Gasteiger partial charge is 0.316 e. The van der Waals surface area contributed by atoms with Crippen LogP contribution in [0.25, 0.3) is 0 Å². The Labute approximate surface area is 102 Å². The quantitative estimate of drug-likeness (QED) is 0.408. The van der Waals surface area contributed by atoms with Gasteiger partial charge in [0.05, 0.1) is 5.03 Å². The Morgan fingerprint density at radius 2 is 2.19 bits per heavy atom. The number of unbranched alkanes of at least 4 members (excludes halogenated alkanes) is 3. The van der Waals surface area contributed by atoms with Crippen molar-refractivity contribution in [2.45, 2.75) is 37.6 Å². The number of nitrogens with zero attached hydrogens (tertiary/aromatic N) is 2. The molecule has 0 saturated carbocycles. The minimum Gasteiger partial charge on any atom is -0.316 e. The van der Waals surface area contributed by atoms with Gasteiger partial charge in [0.2, 0.25) is 0 Å². The molecule has 0 aromatic carbocycles. The molecule has 3 nitrogen and oxygen atoms in total. The van der Waals surface area contributed by atoms with Gasteiger partial charge in [-0.15, -0.1) is 11.8 Å². The molecule has 0 bridgehead atoms. The van der Waals surface area contributed by atoms with E-state index >= 15 is 0 Å². The molecule has 1 heterocycles. The van der Waals surface area contributed by atoms with Crippen LogP contribution in [0.15, 0.2) is 23.6 Å². The van der Waals surface area contributed by atoms with Crippen molar-refractivity contribution in [3.05, 3.63) is 18.6 Å². The molecule has 0 unspecified atom stereocenters. The highest BCUT2D eigenvalue weighted by Crippen LogP contribution is 2.11. The van der Waals surface area contributed by atoms with Crippen LogP contribution in [-0.2, 0) is 0 Å². The fourth-order valence-corrected chi connectivity index (χ4v) is 2.13. The van der Waals surface area contributed by atoms with Crippen LogP contribution in [0.4, 0.5) is 0 Å². The van der Waals surface area contributed by atoms with Gasteiger partial charge in [-0.3, -0.25) is 0 Å². The predicted molar refractivity (Wildman–Crippen MR) is 69.8 cm³/mol. The van der Waals surface area contributed by atoms with Gasteiger partial charge in [0, 0.05) is 18.5 Å². The maximum Gasteiger partial charge on any atom is 0.116 e. The van der Waals surface area contributed by atoms with E-state index < -0.39 is 0 Å². The standard InChI is InChI=1S/C12H21N3S/c1-2-3-4-5-7-13-9-10-16-12-6-8-14-11-15-12/h6,8,11,13H,2-5,7,9-10H2,1H3. The first-order valence-electron chi connectivity index (χ1n) is 6.03. The molecule has 90 valence electrons. The normalized spacial score (nSPS) is 10.6. The highest BCUT2D eigenvalue weighted by molar-refractivity contribution is 7.99. The first-order chi connectivity index (χ1) is 7.93. The van der Waals surface area contributed by atoms with Crippen LogP contribution in [-0.4, -0.2) is 28.8 Å². The van der Waals surface area contributed by atoms with Gasteiger partial charge in [0.1, 0.15) is 6.33 Å². The summed E-state index contributed by atoms with van der Waals surface area (Å²) in [5, 5.41) is 4.51. The number of nitrogens with one attached hydrogen (secondary N) is 1. The first-order valence-corrected chi connectivity index (χ1v) is 7.01. The molecule has 0 atom stereocenters. The van der Waals surface area contributed by atoms with E-state index in [2.05, 4.69) is 22.2 Å². The first kappa shape index (κ1) is 13.5. The zero-order chi connectivity index (χ0) is 11.5. The second-order valence-electron chi connectivity index (χ2n) is 3.71. The van der Waals surface area contributed by atoms with Crippen molar-refractivity contribution in [2.75, 3.05) is 18.8 Å². The van der Waals surface area contributed by atoms with Crippen molar-refractivity contribution < 1.29 is 0 Å². The minimum absolute atomic E-state index is 1.06. The molecule has 0 spiro atoms. The Balaban J connectivity index is 1.89. The highest BCUT2D eigenvalue weighted by atomic mass is 32.2. The Morgan fingerprint density at radius 1 is 1.25 bits per heavy atom. The molecular weight excluding hydrogens is 218 g/mol. The zero-order valence-electron chi connectivity index (χ0n) is 9.98. The zero-order valence-corrected chi connectivity index (χ0v) is 10.8. The van der Waals surface area contributed by atoms with Crippen molar-refractivity contribution in [1.29, 1.82) is 0 Å². The monoisotopic (exact) mass is 239 g/mol. The van der Waals surface area contributed by atoms with Crippen molar-refractivity contribution >= 4 is 11.8 Å². The van der Waals surface area contributed by atoms with Crippen LogP contribution < -0.4 is 5.32 Å². The SMILES string of the molecule is CCCCCCNCCSc1ccncn1. The number of hydrogen-bond acceptors (Lipinski definition) is 4. The molecule has 0 aliphatic rings. The maximum atomic E-state index is 4.16. The Morgan fingerprint density at radius 3 is 2.94 bits per heavy atom. The van der Waals surface area contributed by atoms with Gasteiger partial charge in [-0.2, -0.15) is 0 Å². The molecule has 0 aliphatic carbocycles. The third kappa shape index (κ3) is 6.80. The van der Waals surface area contributed by atoms with Gasteiger partial charge in [-0.05, 0) is 19.0 Å². The average Bonchev–Trinajstić information content (AvgIpc) is 2.34. The molecule has 1 N–H and O–H groups in total. The van der Waals surface area contributed by atoms with Crippen molar-refractivity contribution in [2.24, 2.45) is 0 Å². The van der Waals surface area contributed by atoms with E-state index in [0.29, 0.717) is 0 Å². The molecule has 0 fully saturated rings. The lowest BCUT2D eigenvalue weighted by atomic mass is 10.2. The minimum atomic E-state index is 1.06. The van der Waals surface area contributed by atoms with Gasteiger partial charge >= 0.3 is 0 Å². The third-order valence-electron chi connectivity index (χ3n) is 2.29. The summed E-state index contributed by atoms with van der Waals surface area (Å²) in [6.07, 6.45) is 8.70. The van der Waals surface area contributed by atoms with E-state index in [1.54, 1.807) is 24.3 Å². The van der Waals surface area contributed by atoms with Crippen molar-refractivity contribution in [3.8, 4) is 0 Å². The molecule has 0 amide bonds. The summed E-state index contributed by atoms with van der Waals surface area (Å²) in [5.41, 5.74) is 0. The summed E-state index contributed by atoms with van der Waals surface area (Å²) in [6.45, 7) is 4.44. The average molecular weight is 239 g/mol. The van der Waals surface area contributed by atoms with Gasteiger partial charge in [-0.1, -0.05) is 26.2 Å². The second-order valence-corrected chi connectivity index (χ2v) is 4.82. The summed E-state index contributed by atoms with van der Waals surface area (Å²) in [7, 11) is 0. The molecule has 1 rings (SSSR count). The summed E-state index contributed by atoms with van der Waals surface area (Å²) in [4.78, 5) is 8.05. The number of rotatable bonds is 9. The lowest BCUT2D eigenvalue weighted by Gasteiger charge is -2.03. The number of aromatic nitrogens is 2. The molecule has 1 aromatic rings. The molecule has 4 heteroatoms. The van der Waals surface area contributed by atoms with Crippen molar-refractivity contribution in [3.63, 3.8) is 0 Å². The van der Waals surface area contributed by atoms with Crippen LogP contribution >= 0.6 is 11.8 Å². The van der Waals surface area contributed by atoms with Gasteiger partial charge in [-0.25, -0.2) is 9.97 Å². The Bertz CT molecular complexity index is 254. The van der Waals surface area contributed by atoms with Crippen molar-refractivity contribution in [1.82, 2.24) is 15.3 Å². The lowest BCUT2D eigenvalue weighted by molar-refractivity contribution is 0.612. The Kier molecular flexibility index (Phi) is 8.08. The maximum absolute atomic E-state index is 4.16. The lowest BCUT2D eigenvalue weighted by Crippen LogP contribution is -2.18. The predicted octanol–water partition coefficient (Wildman–Crippen LogP) is 2.74. The van der Waals surface area contributed by atoms with E-state index in [9.17, 15) is 0 Å². The van der Waals surface area contributed by atoms with E-state index in [1.165, 1.54) is 25.7 Å². The van der Waals surface area contributed by atoms with E-state index in [-0.39, 0.29) is 0 Å². The topological polar surface area (TPSA) is 37.8 Å². The molecule has 1 aromatic heterocycles.